The summed E-state index contributed by atoms with van der Waals surface area (Å²) in [5.74, 6) is -1.53. The maximum atomic E-state index is 13.6. The number of nitrogens with two attached hydrogens (primary N) is 1. The second kappa shape index (κ2) is 8.52. The van der Waals surface area contributed by atoms with Crippen LogP contribution in [-0.2, 0) is 10.0 Å². The molecule has 0 spiro atoms. The fourth-order valence-corrected chi connectivity index (χ4v) is 4.62. The Hall–Kier alpha value is -3.17. The van der Waals surface area contributed by atoms with Crippen molar-refractivity contribution in [3.05, 3.63) is 89.0 Å². The third-order valence-corrected chi connectivity index (χ3v) is 5.97. The van der Waals surface area contributed by atoms with Crippen molar-refractivity contribution in [1.29, 1.82) is 0 Å². The highest BCUT2D eigenvalue weighted by Crippen LogP contribution is 2.44. The van der Waals surface area contributed by atoms with Gasteiger partial charge in [-0.1, -0.05) is 24.3 Å². The first-order valence-electron chi connectivity index (χ1n) is 9.30. The zero-order chi connectivity index (χ0) is 22.9. The van der Waals surface area contributed by atoms with Crippen LogP contribution in [0.2, 0.25) is 0 Å². The summed E-state index contributed by atoms with van der Waals surface area (Å²) in [6, 6.07) is 12.0. The second-order valence-corrected chi connectivity index (χ2v) is 9.04. The number of benzene rings is 3. The largest absolute Gasteiger partial charge is 0.505 e. The molecule has 0 aliphatic heterocycles. The molecule has 0 saturated carbocycles. The van der Waals surface area contributed by atoms with Crippen LogP contribution in [0.3, 0.4) is 0 Å². The summed E-state index contributed by atoms with van der Waals surface area (Å²) in [4.78, 5) is 0. The molecule has 0 bridgehead atoms. The summed E-state index contributed by atoms with van der Waals surface area (Å²) in [6.45, 7) is 1.39. The number of sulfonamides is 1. The Morgan fingerprint density at radius 3 is 1.74 bits per heavy atom. The molecule has 3 rings (SSSR count). The molecule has 1 atom stereocenters. The van der Waals surface area contributed by atoms with Crippen LogP contribution >= 0.6 is 0 Å². The van der Waals surface area contributed by atoms with Gasteiger partial charge in [0.1, 0.15) is 17.4 Å². The van der Waals surface area contributed by atoms with E-state index in [2.05, 4.69) is 0 Å². The smallest absolute Gasteiger partial charge is 0.233 e. The monoisotopic (exact) mass is 448 g/mol. The number of phenols is 1. The van der Waals surface area contributed by atoms with Gasteiger partial charge in [0.25, 0.3) is 0 Å². The predicted molar refractivity (Wildman–Crippen MR) is 115 cm³/mol. The van der Waals surface area contributed by atoms with Gasteiger partial charge in [-0.15, -0.1) is 0 Å². The average molecular weight is 448 g/mol. The van der Waals surface area contributed by atoms with E-state index >= 15 is 0 Å². The lowest BCUT2D eigenvalue weighted by Crippen LogP contribution is -2.35. The minimum atomic E-state index is -4.05. The summed E-state index contributed by atoms with van der Waals surface area (Å²) >= 11 is 0. The van der Waals surface area contributed by atoms with Crippen LogP contribution in [0.25, 0.3) is 0 Å². The first-order chi connectivity index (χ1) is 14.5. The molecular formula is C22H22F2N2O4S. The molecule has 9 heteroatoms. The maximum Gasteiger partial charge on any atom is 0.233 e. The molecule has 0 radical (unpaired) electrons. The van der Waals surface area contributed by atoms with Gasteiger partial charge in [-0.05, 0) is 54.4 Å². The number of nitrogen functional groups attached to an aromatic ring is 1. The van der Waals surface area contributed by atoms with Gasteiger partial charge in [-0.3, -0.25) is 4.31 Å². The fraction of sp³-hybridized carbons (Fsp3) is 0.182. The number of aliphatic hydroxyl groups excluding tert-OH is 1. The third-order valence-electron chi connectivity index (χ3n) is 4.85. The van der Waals surface area contributed by atoms with E-state index in [1.807, 2.05) is 0 Å². The highest BCUT2D eigenvalue weighted by atomic mass is 32.2. The molecule has 3 aromatic carbocycles. The van der Waals surface area contributed by atoms with Crippen LogP contribution in [0.5, 0.6) is 5.75 Å². The van der Waals surface area contributed by atoms with Crippen LogP contribution in [-0.4, -0.2) is 24.9 Å². The zero-order valence-corrected chi connectivity index (χ0v) is 17.6. The van der Waals surface area contributed by atoms with Crippen molar-refractivity contribution < 1.29 is 27.4 Å². The van der Waals surface area contributed by atoms with Crippen molar-refractivity contribution >= 4 is 21.4 Å². The minimum Gasteiger partial charge on any atom is -0.505 e. The summed E-state index contributed by atoms with van der Waals surface area (Å²) in [5.41, 5.74) is 6.56. The molecule has 0 fully saturated rings. The average Bonchev–Trinajstić information content (AvgIpc) is 2.68. The normalized spacial score (nSPS) is 12.7. The van der Waals surface area contributed by atoms with Gasteiger partial charge in [0.2, 0.25) is 10.0 Å². The number of hydrogen-bond donors (Lipinski definition) is 3. The van der Waals surface area contributed by atoms with Crippen molar-refractivity contribution in [3.8, 4) is 5.75 Å². The summed E-state index contributed by atoms with van der Waals surface area (Å²) in [6.07, 6.45) is -0.221. The van der Waals surface area contributed by atoms with Crippen molar-refractivity contribution in [3.63, 3.8) is 0 Å². The van der Waals surface area contributed by atoms with Gasteiger partial charge in [0, 0.05) is 11.3 Å². The number of rotatable bonds is 6. The molecule has 0 aromatic heterocycles. The first kappa shape index (κ1) is 22.5. The molecule has 0 amide bonds. The number of halogens is 2. The van der Waals surface area contributed by atoms with Gasteiger partial charge < -0.3 is 15.9 Å². The van der Waals surface area contributed by atoms with E-state index < -0.39 is 39.6 Å². The summed E-state index contributed by atoms with van der Waals surface area (Å²) < 4.78 is 53.9. The van der Waals surface area contributed by atoms with Crippen molar-refractivity contribution in [2.24, 2.45) is 0 Å². The van der Waals surface area contributed by atoms with E-state index in [9.17, 15) is 27.4 Å². The lowest BCUT2D eigenvalue weighted by atomic mass is 9.97. The Bertz CT molecular complexity index is 1140. The molecule has 0 heterocycles. The molecule has 0 aliphatic rings. The van der Waals surface area contributed by atoms with E-state index in [1.54, 1.807) is 0 Å². The van der Waals surface area contributed by atoms with Crippen LogP contribution < -0.4 is 10.0 Å². The second-order valence-electron chi connectivity index (χ2n) is 7.18. The Balaban J connectivity index is 2.33. The van der Waals surface area contributed by atoms with Crippen LogP contribution in [0, 0.1) is 11.6 Å². The SMILES string of the molecule is CC(O)c1c(N)ccc(N(C(c2ccc(F)cc2)c2ccc(F)cc2)S(C)(=O)=O)c1O. The summed E-state index contributed by atoms with van der Waals surface area (Å²) in [5, 5.41) is 20.9. The number of aliphatic hydroxyl groups is 1. The first-order valence-corrected chi connectivity index (χ1v) is 11.1. The maximum absolute atomic E-state index is 13.6. The standard InChI is InChI=1S/C22H22F2N2O4S/c1-13(27)20-18(25)11-12-19(22(20)28)26(31(2,29)30)21(14-3-7-16(23)8-4-14)15-5-9-17(24)10-6-15/h3-13,21,27-28H,25H2,1-2H3. The Morgan fingerprint density at radius 2 is 1.35 bits per heavy atom. The van der Waals surface area contributed by atoms with E-state index in [4.69, 9.17) is 5.73 Å². The van der Waals surface area contributed by atoms with Gasteiger partial charge in [0.15, 0.2) is 0 Å². The van der Waals surface area contributed by atoms with Crippen LogP contribution in [0.15, 0.2) is 60.7 Å². The fourth-order valence-electron chi connectivity index (χ4n) is 3.49. The molecule has 1 unspecified atom stereocenters. The lowest BCUT2D eigenvalue weighted by molar-refractivity contribution is 0.196. The topological polar surface area (TPSA) is 104 Å². The lowest BCUT2D eigenvalue weighted by Gasteiger charge is -2.33. The molecular weight excluding hydrogens is 426 g/mol. The molecule has 31 heavy (non-hydrogen) atoms. The van der Waals surface area contributed by atoms with E-state index in [1.165, 1.54) is 67.6 Å². The van der Waals surface area contributed by atoms with Gasteiger partial charge >= 0.3 is 0 Å². The quantitative estimate of drug-likeness (QED) is 0.497. The highest BCUT2D eigenvalue weighted by Gasteiger charge is 2.33. The molecule has 164 valence electrons. The minimum absolute atomic E-state index is 0.0249. The van der Waals surface area contributed by atoms with E-state index in [0.29, 0.717) is 11.1 Å². The molecule has 0 aliphatic carbocycles. The molecule has 4 N–H and O–H groups in total. The number of nitrogens with zero attached hydrogens (tertiary/aromatic N) is 1. The van der Waals surface area contributed by atoms with Crippen molar-refractivity contribution in [2.75, 3.05) is 16.3 Å². The van der Waals surface area contributed by atoms with Crippen LogP contribution in [0.1, 0.15) is 35.8 Å². The number of anilines is 2. The zero-order valence-electron chi connectivity index (χ0n) is 16.8. The Labute approximate surface area is 179 Å². The predicted octanol–water partition coefficient (Wildman–Crippen LogP) is 3.86. The van der Waals surface area contributed by atoms with Crippen molar-refractivity contribution in [1.82, 2.24) is 0 Å². The van der Waals surface area contributed by atoms with Gasteiger partial charge in [0.05, 0.1) is 24.1 Å². The molecule has 0 saturated heterocycles. The third kappa shape index (κ3) is 4.62. The number of aromatic hydroxyl groups is 1. The molecule has 3 aromatic rings. The van der Waals surface area contributed by atoms with Gasteiger partial charge in [-0.2, -0.15) is 0 Å². The number of hydrogen-bond acceptors (Lipinski definition) is 5. The Morgan fingerprint density at radius 1 is 0.903 bits per heavy atom. The van der Waals surface area contributed by atoms with Crippen molar-refractivity contribution in [2.45, 2.75) is 19.1 Å². The highest BCUT2D eigenvalue weighted by molar-refractivity contribution is 7.92. The molecule has 6 nitrogen and oxygen atoms in total. The van der Waals surface area contributed by atoms with E-state index in [-0.39, 0.29) is 16.9 Å². The summed E-state index contributed by atoms with van der Waals surface area (Å²) in [7, 11) is -4.05. The van der Waals surface area contributed by atoms with E-state index in [0.717, 1.165) is 10.6 Å². The van der Waals surface area contributed by atoms with Crippen LogP contribution in [0.4, 0.5) is 20.2 Å². The number of phenolic OH excluding ortho intramolecular Hbond substituents is 1. The van der Waals surface area contributed by atoms with Gasteiger partial charge in [-0.25, -0.2) is 17.2 Å². The Kier molecular flexibility index (Phi) is 6.19.